The van der Waals surface area contributed by atoms with Gasteiger partial charge in [0.05, 0.1) is 0 Å². The van der Waals surface area contributed by atoms with Gasteiger partial charge < -0.3 is 10.2 Å². The van der Waals surface area contributed by atoms with E-state index in [1.165, 1.54) is 56.6 Å². The van der Waals surface area contributed by atoms with Crippen LogP contribution in [0.15, 0.2) is 23.7 Å². The van der Waals surface area contributed by atoms with Crippen LogP contribution in [0.1, 0.15) is 56.7 Å². The van der Waals surface area contributed by atoms with Crippen molar-refractivity contribution in [1.82, 2.24) is 14.9 Å². The van der Waals surface area contributed by atoms with Gasteiger partial charge in [0.2, 0.25) is 0 Å². The highest BCUT2D eigenvalue weighted by molar-refractivity contribution is 7.13. The predicted molar refractivity (Wildman–Crippen MR) is 105 cm³/mol. The molecule has 1 aliphatic heterocycles. The summed E-state index contributed by atoms with van der Waals surface area (Å²) in [6, 6.07) is 4.59. The number of thiazole rings is 1. The standard InChI is InChI=1S/C20H28N4S/c1-3-24-9-6-20(2,7-10-24)14-17-12-16(15-4-5-15)13-18(22-17)23-19-21-8-11-25-19/h8,11-13,15H,3-7,9-10,14H2,1-2H3,(H,21,22,23). The second-order valence-electron chi connectivity index (χ2n) is 7.94. The molecule has 25 heavy (non-hydrogen) atoms. The van der Waals surface area contributed by atoms with Crippen molar-refractivity contribution in [2.45, 2.75) is 51.9 Å². The molecule has 0 amide bonds. The number of aromatic nitrogens is 2. The van der Waals surface area contributed by atoms with Crippen molar-refractivity contribution in [3.05, 3.63) is 35.0 Å². The summed E-state index contributed by atoms with van der Waals surface area (Å²) in [5.74, 6) is 1.71. The van der Waals surface area contributed by atoms with E-state index in [4.69, 9.17) is 4.98 Å². The molecular weight excluding hydrogens is 328 g/mol. The van der Waals surface area contributed by atoms with Crippen molar-refractivity contribution in [3.63, 3.8) is 0 Å². The molecule has 2 aliphatic rings. The third-order valence-electron chi connectivity index (χ3n) is 5.74. The largest absolute Gasteiger partial charge is 0.316 e. The van der Waals surface area contributed by atoms with E-state index in [1.54, 1.807) is 11.3 Å². The Kier molecular flexibility index (Phi) is 4.78. The van der Waals surface area contributed by atoms with Crippen LogP contribution in [0.25, 0.3) is 0 Å². The Labute approximate surface area is 154 Å². The minimum absolute atomic E-state index is 0.374. The van der Waals surface area contributed by atoms with Crippen molar-refractivity contribution in [2.24, 2.45) is 5.41 Å². The molecule has 4 nitrogen and oxygen atoms in total. The fraction of sp³-hybridized carbons (Fsp3) is 0.600. The number of anilines is 2. The van der Waals surface area contributed by atoms with Gasteiger partial charge in [0.15, 0.2) is 5.13 Å². The third kappa shape index (κ3) is 4.21. The lowest BCUT2D eigenvalue weighted by Crippen LogP contribution is -2.39. The van der Waals surface area contributed by atoms with Crippen LogP contribution < -0.4 is 5.32 Å². The van der Waals surface area contributed by atoms with E-state index in [0.29, 0.717) is 5.41 Å². The van der Waals surface area contributed by atoms with Crippen molar-refractivity contribution < 1.29 is 0 Å². The SMILES string of the molecule is CCN1CCC(C)(Cc2cc(C3CC3)cc(Nc3nccs3)n2)CC1. The van der Waals surface area contributed by atoms with Crippen LogP contribution >= 0.6 is 11.3 Å². The lowest BCUT2D eigenvalue weighted by atomic mass is 9.76. The van der Waals surface area contributed by atoms with Crippen LogP contribution in [-0.4, -0.2) is 34.5 Å². The summed E-state index contributed by atoms with van der Waals surface area (Å²) in [4.78, 5) is 11.8. The van der Waals surface area contributed by atoms with Crippen LogP contribution in [-0.2, 0) is 6.42 Å². The van der Waals surface area contributed by atoms with E-state index in [9.17, 15) is 0 Å². The summed E-state index contributed by atoms with van der Waals surface area (Å²) in [7, 11) is 0. The molecule has 0 radical (unpaired) electrons. The second-order valence-corrected chi connectivity index (χ2v) is 8.83. The number of pyridine rings is 1. The molecule has 0 spiro atoms. The van der Waals surface area contributed by atoms with Crippen LogP contribution in [0.5, 0.6) is 0 Å². The Balaban J connectivity index is 1.53. The van der Waals surface area contributed by atoms with Crippen LogP contribution in [0, 0.1) is 5.41 Å². The van der Waals surface area contributed by atoms with Crippen LogP contribution in [0.2, 0.25) is 0 Å². The molecule has 2 aromatic heterocycles. The molecule has 1 saturated heterocycles. The van der Waals surface area contributed by atoms with Crippen LogP contribution in [0.4, 0.5) is 10.9 Å². The maximum atomic E-state index is 4.94. The maximum Gasteiger partial charge on any atom is 0.188 e. The first-order valence-corrected chi connectivity index (χ1v) is 10.4. The average molecular weight is 357 g/mol. The smallest absolute Gasteiger partial charge is 0.188 e. The number of nitrogens with zero attached hydrogens (tertiary/aromatic N) is 3. The predicted octanol–water partition coefficient (Wildman–Crippen LogP) is 4.82. The van der Waals surface area contributed by atoms with E-state index in [2.05, 4.69) is 41.2 Å². The summed E-state index contributed by atoms with van der Waals surface area (Å²) in [5, 5.41) is 6.32. The van der Waals surface area contributed by atoms with Gasteiger partial charge in [0.1, 0.15) is 5.82 Å². The lowest BCUT2D eigenvalue weighted by molar-refractivity contribution is 0.122. The zero-order valence-electron chi connectivity index (χ0n) is 15.3. The highest BCUT2D eigenvalue weighted by atomic mass is 32.1. The third-order valence-corrected chi connectivity index (χ3v) is 6.42. The number of piperidine rings is 1. The van der Waals surface area contributed by atoms with Gasteiger partial charge >= 0.3 is 0 Å². The van der Waals surface area contributed by atoms with Gasteiger partial charge in [0.25, 0.3) is 0 Å². The van der Waals surface area contributed by atoms with Gasteiger partial charge in [-0.3, -0.25) is 0 Å². The number of likely N-dealkylation sites (tertiary alicyclic amines) is 1. The van der Waals surface area contributed by atoms with Gasteiger partial charge in [-0.05, 0) is 80.8 Å². The monoisotopic (exact) mass is 356 g/mol. The van der Waals surface area contributed by atoms with Crippen molar-refractivity contribution in [3.8, 4) is 0 Å². The first-order valence-electron chi connectivity index (χ1n) is 9.53. The number of hydrogen-bond acceptors (Lipinski definition) is 5. The summed E-state index contributed by atoms with van der Waals surface area (Å²) in [6.07, 6.45) is 8.10. The van der Waals surface area contributed by atoms with E-state index in [1.807, 2.05) is 11.6 Å². The number of rotatable bonds is 6. The summed E-state index contributed by atoms with van der Waals surface area (Å²) in [5.41, 5.74) is 3.08. The molecule has 1 N–H and O–H groups in total. The normalized spacial score (nSPS) is 20.6. The maximum absolute atomic E-state index is 4.94. The molecule has 0 unspecified atom stereocenters. The number of nitrogens with one attached hydrogen (secondary N) is 1. The molecular formula is C20H28N4S. The Morgan fingerprint density at radius 3 is 2.72 bits per heavy atom. The average Bonchev–Trinajstić information content (AvgIpc) is 3.33. The molecule has 1 saturated carbocycles. The quantitative estimate of drug-likeness (QED) is 0.805. The molecule has 4 rings (SSSR count). The Morgan fingerprint density at radius 2 is 2.08 bits per heavy atom. The minimum Gasteiger partial charge on any atom is -0.316 e. The molecule has 0 bridgehead atoms. The molecule has 134 valence electrons. The summed E-state index contributed by atoms with van der Waals surface area (Å²) < 4.78 is 0. The van der Waals surface area contributed by atoms with E-state index >= 15 is 0 Å². The van der Waals surface area contributed by atoms with Gasteiger partial charge in [0, 0.05) is 17.3 Å². The Hall–Kier alpha value is -1.46. The number of hydrogen-bond donors (Lipinski definition) is 1. The van der Waals surface area contributed by atoms with Gasteiger partial charge in [-0.15, -0.1) is 11.3 Å². The van der Waals surface area contributed by atoms with Crippen molar-refractivity contribution in [2.75, 3.05) is 25.0 Å². The summed E-state index contributed by atoms with van der Waals surface area (Å²) in [6.45, 7) is 8.33. The highest BCUT2D eigenvalue weighted by Gasteiger charge is 2.31. The molecule has 0 aromatic carbocycles. The van der Waals surface area contributed by atoms with Gasteiger partial charge in [-0.2, -0.15) is 0 Å². The minimum atomic E-state index is 0.374. The van der Waals surface area contributed by atoms with Crippen LogP contribution in [0.3, 0.4) is 0 Å². The first kappa shape index (κ1) is 17.0. The molecule has 2 aromatic rings. The Morgan fingerprint density at radius 1 is 1.28 bits per heavy atom. The summed E-state index contributed by atoms with van der Waals surface area (Å²) >= 11 is 1.62. The fourth-order valence-corrected chi connectivity index (χ4v) is 4.37. The zero-order valence-corrected chi connectivity index (χ0v) is 16.1. The molecule has 5 heteroatoms. The first-order chi connectivity index (χ1) is 12.1. The van der Waals surface area contributed by atoms with Gasteiger partial charge in [-0.1, -0.05) is 13.8 Å². The topological polar surface area (TPSA) is 41.0 Å². The molecule has 3 heterocycles. The fourth-order valence-electron chi connectivity index (χ4n) is 3.84. The second kappa shape index (κ2) is 7.04. The van der Waals surface area contributed by atoms with Crippen molar-refractivity contribution >= 4 is 22.3 Å². The lowest BCUT2D eigenvalue weighted by Gasteiger charge is -2.39. The van der Waals surface area contributed by atoms with Crippen molar-refractivity contribution in [1.29, 1.82) is 0 Å². The highest BCUT2D eigenvalue weighted by Crippen LogP contribution is 2.42. The zero-order chi connectivity index (χ0) is 17.3. The van der Waals surface area contributed by atoms with Gasteiger partial charge in [-0.25, -0.2) is 9.97 Å². The molecule has 1 aliphatic carbocycles. The molecule has 2 fully saturated rings. The van der Waals surface area contributed by atoms with E-state index < -0.39 is 0 Å². The van der Waals surface area contributed by atoms with E-state index in [-0.39, 0.29) is 0 Å². The van der Waals surface area contributed by atoms with E-state index in [0.717, 1.165) is 23.3 Å². The molecule has 0 atom stereocenters. The Bertz CT molecular complexity index is 700.